The summed E-state index contributed by atoms with van der Waals surface area (Å²) in [7, 11) is 0. The van der Waals surface area contributed by atoms with E-state index in [0.29, 0.717) is 15.6 Å². The average molecular weight is 302 g/mol. The Morgan fingerprint density at radius 1 is 1.08 bits per heavy atom. The molecule has 1 aromatic carbocycles. The van der Waals surface area contributed by atoms with Crippen LogP contribution in [0.4, 0.5) is 0 Å². The van der Waals surface area contributed by atoms with Gasteiger partial charge in [-0.3, -0.25) is 0 Å². The molecule has 68 valence electrons. The van der Waals surface area contributed by atoms with E-state index in [2.05, 4.69) is 56.1 Å². The lowest BCUT2D eigenvalue weighted by atomic mass is 9.92. The van der Waals surface area contributed by atoms with Crippen LogP contribution in [0.5, 0.6) is 0 Å². The molecular weight excluding hydrogens is 292 g/mol. The van der Waals surface area contributed by atoms with Gasteiger partial charge >= 0.3 is 0 Å². The summed E-state index contributed by atoms with van der Waals surface area (Å²) >= 11 is 7.60. The maximum Gasteiger partial charge on any atom is 0.0294 e. The van der Waals surface area contributed by atoms with Crippen molar-refractivity contribution in [1.29, 1.82) is 0 Å². The van der Waals surface area contributed by atoms with Crippen molar-refractivity contribution in [3.63, 3.8) is 0 Å². The Morgan fingerprint density at radius 2 is 1.77 bits per heavy atom. The third-order valence-corrected chi connectivity index (χ3v) is 5.50. The van der Waals surface area contributed by atoms with E-state index in [-0.39, 0.29) is 0 Å². The van der Waals surface area contributed by atoms with Gasteiger partial charge in [0, 0.05) is 15.6 Å². The Hall–Kier alpha value is 0.180. The molecule has 1 aromatic rings. The Balaban J connectivity index is 2.18. The summed E-state index contributed by atoms with van der Waals surface area (Å²) in [5, 5.41) is 0. The van der Waals surface area contributed by atoms with Crippen LogP contribution in [-0.2, 0) is 0 Å². The van der Waals surface area contributed by atoms with E-state index in [0.717, 1.165) is 5.92 Å². The number of hydrogen-bond acceptors (Lipinski definition) is 0. The largest absolute Gasteiger partial charge is 0.0883 e. The Labute approximate surface area is 95.0 Å². The van der Waals surface area contributed by atoms with Crippen LogP contribution in [0.3, 0.4) is 0 Å². The first-order chi connectivity index (χ1) is 6.29. The van der Waals surface area contributed by atoms with E-state index in [1.165, 1.54) is 6.42 Å². The molecule has 13 heavy (non-hydrogen) atoms. The smallest absolute Gasteiger partial charge is 0.0294 e. The molecule has 0 spiro atoms. The second-order valence-electron chi connectivity index (χ2n) is 3.96. The Kier molecular flexibility index (Phi) is 1.85. The third-order valence-electron chi connectivity index (χ3n) is 3.35. The van der Waals surface area contributed by atoms with Crippen molar-refractivity contribution in [3.05, 3.63) is 35.4 Å². The SMILES string of the molecule is Br[C@H]1[C@@H]2c3ccccc3[C@H]1C[C@@H]2Br. The summed E-state index contributed by atoms with van der Waals surface area (Å²) in [5.74, 6) is 1.44. The fourth-order valence-electron chi connectivity index (χ4n) is 2.79. The van der Waals surface area contributed by atoms with Crippen molar-refractivity contribution in [2.45, 2.75) is 27.9 Å². The maximum absolute atomic E-state index is 3.82. The Bertz CT molecular complexity index is 348. The van der Waals surface area contributed by atoms with Crippen LogP contribution in [0.25, 0.3) is 0 Å². The van der Waals surface area contributed by atoms with Crippen LogP contribution in [-0.4, -0.2) is 9.65 Å². The third kappa shape index (κ3) is 1.02. The molecule has 2 bridgehead atoms. The van der Waals surface area contributed by atoms with Gasteiger partial charge in [0.25, 0.3) is 0 Å². The van der Waals surface area contributed by atoms with Crippen LogP contribution in [0.1, 0.15) is 29.4 Å². The van der Waals surface area contributed by atoms with E-state index in [1.807, 2.05) is 0 Å². The average Bonchev–Trinajstić information content (AvgIpc) is 2.56. The van der Waals surface area contributed by atoms with E-state index in [9.17, 15) is 0 Å². The van der Waals surface area contributed by atoms with Gasteiger partial charge in [0.05, 0.1) is 0 Å². The highest BCUT2D eigenvalue weighted by atomic mass is 79.9. The molecule has 0 radical (unpaired) electrons. The molecule has 1 fully saturated rings. The van der Waals surface area contributed by atoms with Crippen LogP contribution in [0.15, 0.2) is 24.3 Å². The van der Waals surface area contributed by atoms with Crippen molar-refractivity contribution in [2.24, 2.45) is 0 Å². The fraction of sp³-hybridized carbons (Fsp3) is 0.455. The summed E-state index contributed by atoms with van der Waals surface area (Å²) in [4.78, 5) is 1.34. The predicted octanol–water partition coefficient (Wildman–Crippen LogP) is 3.80. The highest BCUT2D eigenvalue weighted by Gasteiger charge is 2.49. The van der Waals surface area contributed by atoms with Gasteiger partial charge in [0.15, 0.2) is 0 Å². The first-order valence-electron chi connectivity index (χ1n) is 4.66. The first kappa shape index (κ1) is 8.49. The van der Waals surface area contributed by atoms with E-state index in [1.54, 1.807) is 11.1 Å². The zero-order chi connectivity index (χ0) is 9.00. The molecule has 2 heteroatoms. The second kappa shape index (κ2) is 2.83. The van der Waals surface area contributed by atoms with Gasteiger partial charge in [0.1, 0.15) is 0 Å². The number of fused-ring (bicyclic) bond motifs is 5. The molecule has 1 saturated carbocycles. The number of halogens is 2. The summed E-state index contributed by atoms with van der Waals surface area (Å²) in [5.41, 5.74) is 3.13. The summed E-state index contributed by atoms with van der Waals surface area (Å²) < 4.78 is 0. The molecule has 0 aromatic heterocycles. The fourth-order valence-corrected chi connectivity index (χ4v) is 5.37. The van der Waals surface area contributed by atoms with Crippen molar-refractivity contribution < 1.29 is 0 Å². The van der Waals surface area contributed by atoms with Crippen molar-refractivity contribution >= 4 is 31.9 Å². The Morgan fingerprint density at radius 3 is 2.54 bits per heavy atom. The minimum Gasteiger partial charge on any atom is -0.0883 e. The molecule has 0 nitrogen and oxygen atoms in total. The summed E-state index contributed by atoms with van der Waals surface area (Å²) in [6.07, 6.45) is 1.29. The highest BCUT2D eigenvalue weighted by molar-refractivity contribution is 9.10. The normalized spacial score (nSPS) is 40.8. The van der Waals surface area contributed by atoms with Crippen molar-refractivity contribution in [1.82, 2.24) is 0 Å². The zero-order valence-corrected chi connectivity index (χ0v) is 10.3. The van der Waals surface area contributed by atoms with Crippen molar-refractivity contribution in [2.75, 3.05) is 0 Å². The lowest BCUT2D eigenvalue weighted by Crippen LogP contribution is -2.10. The molecule has 2 aliphatic carbocycles. The molecule has 0 N–H and O–H groups in total. The quantitative estimate of drug-likeness (QED) is 0.640. The molecule has 4 atom stereocenters. The van der Waals surface area contributed by atoms with Gasteiger partial charge in [-0.1, -0.05) is 56.1 Å². The standard InChI is InChI=1S/C11H10Br2/c12-9-5-8-6-3-1-2-4-7(6)10(9)11(8)13/h1-4,8-11H,5H2/t8-,9+,10-,11-/m1/s1. The van der Waals surface area contributed by atoms with Crippen LogP contribution in [0.2, 0.25) is 0 Å². The van der Waals surface area contributed by atoms with Crippen molar-refractivity contribution in [3.8, 4) is 0 Å². The summed E-state index contributed by atoms with van der Waals surface area (Å²) in [6, 6.07) is 8.87. The minimum atomic E-state index is 0.661. The molecule has 0 aliphatic heterocycles. The van der Waals surface area contributed by atoms with Gasteiger partial charge < -0.3 is 0 Å². The number of benzene rings is 1. The molecule has 0 amide bonds. The van der Waals surface area contributed by atoms with E-state index >= 15 is 0 Å². The monoisotopic (exact) mass is 300 g/mol. The molecule has 0 heterocycles. The molecule has 2 aliphatic rings. The molecular formula is C11H10Br2. The van der Waals surface area contributed by atoms with Gasteiger partial charge in [0.2, 0.25) is 0 Å². The number of rotatable bonds is 0. The van der Waals surface area contributed by atoms with E-state index < -0.39 is 0 Å². The van der Waals surface area contributed by atoms with Gasteiger partial charge in [-0.2, -0.15) is 0 Å². The number of alkyl halides is 2. The van der Waals surface area contributed by atoms with Crippen LogP contribution >= 0.6 is 31.9 Å². The second-order valence-corrected chi connectivity index (χ2v) is 6.19. The topological polar surface area (TPSA) is 0 Å². The van der Waals surface area contributed by atoms with E-state index in [4.69, 9.17) is 0 Å². The molecule has 3 rings (SSSR count). The summed E-state index contributed by atoms with van der Waals surface area (Å²) in [6.45, 7) is 0. The van der Waals surface area contributed by atoms with Crippen LogP contribution < -0.4 is 0 Å². The predicted molar refractivity (Wildman–Crippen MR) is 62.0 cm³/mol. The minimum absolute atomic E-state index is 0.661. The molecule has 0 saturated heterocycles. The lowest BCUT2D eigenvalue weighted by Gasteiger charge is -2.18. The lowest BCUT2D eigenvalue weighted by molar-refractivity contribution is 0.743. The van der Waals surface area contributed by atoms with Gasteiger partial charge in [-0.05, 0) is 23.5 Å². The van der Waals surface area contributed by atoms with Gasteiger partial charge in [-0.15, -0.1) is 0 Å². The zero-order valence-electron chi connectivity index (χ0n) is 7.08. The molecule has 0 unspecified atom stereocenters. The van der Waals surface area contributed by atoms with Crippen LogP contribution in [0, 0.1) is 0 Å². The maximum atomic E-state index is 3.82. The number of hydrogen-bond donors (Lipinski definition) is 0. The first-order valence-corrected chi connectivity index (χ1v) is 6.49. The highest BCUT2D eigenvalue weighted by Crippen LogP contribution is 2.58. The van der Waals surface area contributed by atoms with Gasteiger partial charge in [-0.25, -0.2) is 0 Å².